The summed E-state index contributed by atoms with van der Waals surface area (Å²) in [6.07, 6.45) is 0. The Bertz CT molecular complexity index is 853. The van der Waals surface area contributed by atoms with Crippen LogP contribution in [0.1, 0.15) is 26.3 Å². The zero-order valence-electron chi connectivity index (χ0n) is 12.9. The Balaban J connectivity index is 1.99. The van der Waals surface area contributed by atoms with Crippen LogP contribution in [0.4, 0.5) is 4.39 Å². The molecule has 0 saturated heterocycles. The molecule has 0 atom stereocenters. The van der Waals surface area contributed by atoms with Crippen LogP contribution in [0, 0.1) is 5.82 Å². The summed E-state index contributed by atoms with van der Waals surface area (Å²) in [5.74, 6) is -0.685. The second-order valence-corrected chi connectivity index (χ2v) is 6.02. The topological polar surface area (TPSA) is 55.8 Å². The molecule has 0 aliphatic carbocycles. The van der Waals surface area contributed by atoms with Crippen molar-refractivity contribution in [2.24, 2.45) is 0 Å². The van der Waals surface area contributed by atoms with Gasteiger partial charge in [-0.15, -0.1) is 0 Å². The summed E-state index contributed by atoms with van der Waals surface area (Å²) in [5, 5.41) is 0. The molecule has 124 valence electrons. The maximum Gasteiger partial charge on any atom is 0.265 e. The normalized spacial score (nSPS) is 13.2. The molecular formula is C17H13BrFNO4. The zero-order chi connectivity index (χ0) is 17.4. The molecule has 0 fully saturated rings. The molecule has 7 heteroatoms. The van der Waals surface area contributed by atoms with Crippen LogP contribution in [-0.2, 0) is 6.54 Å². The van der Waals surface area contributed by atoms with Gasteiger partial charge in [-0.1, -0.05) is 6.07 Å². The fourth-order valence-corrected chi connectivity index (χ4v) is 3.08. The molecule has 0 spiro atoms. The molecule has 0 N–H and O–H groups in total. The number of fused-ring (bicyclic) bond motifs is 1. The number of carbonyl (C=O) groups is 2. The first-order valence-electron chi connectivity index (χ1n) is 7.03. The minimum atomic E-state index is -0.466. The third kappa shape index (κ3) is 2.54. The first-order valence-corrected chi connectivity index (χ1v) is 7.82. The Morgan fingerprint density at radius 3 is 2.46 bits per heavy atom. The van der Waals surface area contributed by atoms with Crippen LogP contribution in [0.2, 0.25) is 0 Å². The molecule has 2 aromatic rings. The third-order valence-corrected chi connectivity index (χ3v) is 4.41. The van der Waals surface area contributed by atoms with Crippen molar-refractivity contribution < 1.29 is 23.5 Å². The number of amides is 2. The van der Waals surface area contributed by atoms with Gasteiger partial charge in [0, 0.05) is 0 Å². The summed E-state index contributed by atoms with van der Waals surface area (Å²) in [7, 11) is 2.87. The SMILES string of the molecule is COc1ccc2c(c1OC)C(=O)N(Cc1ccc(F)c(Br)c1)C2=O. The quantitative estimate of drug-likeness (QED) is 0.746. The van der Waals surface area contributed by atoms with Crippen molar-refractivity contribution in [2.75, 3.05) is 14.2 Å². The van der Waals surface area contributed by atoms with Crippen molar-refractivity contribution in [2.45, 2.75) is 6.54 Å². The lowest BCUT2D eigenvalue weighted by molar-refractivity contribution is 0.0641. The van der Waals surface area contributed by atoms with Crippen molar-refractivity contribution in [1.82, 2.24) is 4.90 Å². The van der Waals surface area contributed by atoms with Gasteiger partial charge >= 0.3 is 0 Å². The fraction of sp³-hybridized carbons (Fsp3) is 0.176. The molecule has 24 heavy (non-hydrogen) atoms. The average Bonchev–Trinajstić information content (AvgIpc) is 2.82. The van der Waals surface area contributed by atoms with E-state index in [2.05, 4.69) is 15.9 Å². The molecule has 0 aromatic heterocycles. The van der Waals surface area contributed by atoms with Crippen LogP contribution < -0.4 is 9.47 Å². The maximum absolute atomic E-state index is 13.3. The molecule has 0 unspecified atom stereocenters. The number of imide groups is 1. The van der Waals surface area contributed by atoms with Gasteiger partial charge in [-0.2, -0.15) is 0 Å². The Hall–Kier alpha value is -2.41. The van der Waals surface area contributed by atoms with Gasteiger partial charge in [0.15, 0.2) is 11.5 Å². The van der Waals surface area contributed by atoms with Crippen molar-refractivity contribution in [3.63, 3.8) is 0 Å². The minimum absolute atomic E-state index is 0.0384. The number of halogens is 2. The number of methoxy groups -OCH3 is 2. The van der Waals surface area contributed by atoms with Crippen molar-refractivity contribution in [3.05, 3.63) is 57.3 Å². The molecule has 0 radical (unpaired) electrons. The van der Waals surface area contributed by atoms with E-state index in [0.29, 0.717) is 11.3 Å². The first kappa shape index (κ1) is 16.4. The van der Waals surface area contributed by atoms with Crippen LogP contribution >= 0.6 is 15.9 Å². The molecule has 3 rings (SSSR count). The highest BCUT2D eigenvalue weighted by Gasteiger charge is 2.39. The Kier molecular flexibility index (Phi) is 4.28. The highest BCUT2D eigenvalue weighted by atomic mass is 79.9. The molecule has 1 aliphatic rings. The number of benzene rings is 2. The molecule has 0 saturated carbocycles. The summed E-state index contributed by atoms with van der Waals surface area (Å²) in [4.78, 5) is 26.4. The molecule has 1 aliphatic heterocycles. The predicted octanol–water partition coefficient (Wildman–Crippen LogP) is 3.40. The predicted molar refractivity (Wildman–Crippen MR) is 87.9 cm³/mol. The van der Waals surface area contributed by atoms with Crippen molar-refractivity contribution in [1.29, 1.82) is 0 Å². The van der Waals surface area contributed by atoms with Gasteiger partial charge in [0.05, 0.1) is 36.4 Å². The van der Waals surface area contributed by atoms with Crippen molar-refractivity contribution in [3.8, 4) is 11.5 Å². The zero-order valence-corrected chi connectivity index (χ0v) is 14.5. The summed E-state index contributed by atoms with van der Waals surface area (Å²) < 4.78 is 24.0. The van der Waals surface area contributed by atoms with Gasteiger partial charge < -0.3 is 9.47 Å². The molecule has 2 aromatic carbocycles. The van der Waals surface area contributed by atoms with Gasteiger partial charge in [0.2, 0.25) is 0 Å². The highest BCUT2D eigenvalue weighted by Crippen LogP contribution is 2.38. The van der Waals surface area contributed by atoms with E-state index >= 15 is 0 Å². The monoisotopic (exact) mass is 393 g/mol. The highest BCUT2D eigenvalue weighted by molar-refractivity contribution is 9.10. The molecule has 2 amide bonds. The molecule has 0 bridgehead atoms. The minimum Gasteiger partial charge on any atom is -0.493 e. The lowest BCUT2D eigenvalue weighted by Gasteiger charge is -2.14. The number of rotatable bonds is 4. The van der Waals surface area contributed by atoms with Crippen LogP contribution in [0.3, 0.4) is 0 Å². The summed E-state index contributed by atoms with van der Waals surface area (Å²) in [6.45, 7) is 0.0384. The standard InChI is InChI=1S/C17H13BrFNO4/c1-23-13-6-4-10-14(15(13)24-2)17(22)20(16(10)21)8-9-3-5-12(19)11(18)7-9/h3-7H,8H2,1-2H3. The summed E-state index contributed by atoms with van der Waals surface area (Å²) >= 11 is 3.10. The lowest BCUT2D eigenvalue weighted by atomic mass is 10.1. The first-order chi connectivity index (χ1) is 11.5. The second kappa shape index (κ2) is 6.24. The molecular weight excluding hydrogens is 381 g/mol. The van der Waals surface area contributed by atoms with Crippen LogP contribution in [0.15, 0.2) is 34.8 Å². The second-order valence-electron chi connectivity index (χ2n) is 5.17. The van der Waals surface area contributed by atoms with E-state index in [0.717, 1.165) is 4.90 Å². The van der Waals surface area contributed by atoms with Crippen molar-refractivity contribution >= 4 is 27.7 Å². The summed E-state index contributed by atoms with van der Waals surface area (Å²) in [6, 6.07) is 7.47. The van der Waals surface area contributed by atoms with E-state index in [-0.39, 0.29) is 27.9 Å². The van der Waals surface area contributed by atoms with Gasteiger partial charge in [-0.3, -0.25) is 14.5 Å². The number of ether oxygens (including phenoxy) is 2. The van der Waals surface area contributed by atoms with Crippen LogP contribution in [0.5, 0.6) is 11.5 Å². The maximum atomic E-state index is 13.3. The van der Waals surface area contributed by atoms with E-state index < -0.39 is 17.6 Å². The fourth-order valence-electron chi connectivity index (χ4n) is 2.65. The van der Waals surface area contributed by atoms with E-state index in [1.165, 1.54) is 38.5 Å². The number of hydrogen-bond acceptors (Lipinski definition) is 4. The van der Waals surface area contributed by atoms with Gasteiger partial charge in [-0.05, 0) is 45.8 Å². The third-order valence-electron chi connectivity index (χ3n) is 3.80. The Labute approximate surface area is 146 Å². The largest absolute Gasteiger partial charge is 0.493 e. The van der Waals surface area contributed by atoms with E-state index in [1.54, 1.807) is 6.07 Å². The average molecular weight is 394 g/mol. The van der Waals surface area contributed by atoms with Crippen LogP contribution in [-0.4, -0.2) is 30.9 Å². The number of carbonyl (C=O) groups excluding carboxylic acids is 2. The molecule has 1 heterocycles. The van der Waals surface area contributed by atoms with Crippen LogP contribution in [0.25, 0.3) is 0 Å². The number of hydrogen-bond donors (Lipinski definition) is 0. The van der Waals surface area contributed by atoms with Gasteiger partial charge in [0.25, 0.3) is 11.8 Å². The molecule has 5 nitrogen and oxygen atoms in total. The van der Waals surface area contributed by atoms with E-state index in [9.17, 15) is 14.0 Å². The van der Waals surface area contributed by atoms with E-state index in [4.69, 9.17) is 9.47 Å². The summed E-state index contributed by atoms with van der Waals surface area (Å²) in [5.41, 5.74) is 1.07. The van der Waals surface area contributed by atoms with Gasteiger partial charge in [0.1, 0.15) is 5.82 Å². The van der Waals surface area contributed by atoms with E-state index in [1.807, 2.05) is 0 Å². The lowest BCUT2D eigenvalue weighted by Crippen LogP contribution is -2.29. The smallest absolute Gasteiger partial charge is 0.265 e. The van der Waals surface area contributed by atoms with Gasteiger partial charge in [-0.25, -0.2) is 4.39 Å². The number of nitrogens with zero attached hydrogens (tertiary/aromatic N) is 1. The Morgan fingerprint density at radius 2 is 1.83 bits per heavy atom. The Morgan fingerprint density at radius 1 is 1.08 bits per heavy atom.